The Hall–Kier alpha value is -0.0800. The first kappa shape index (κ1) is 10.0. The van der Waals surface area contributed by atoms with Gasteiger partial charge in [0.25, 0.3) is 0 Å². The van der Waals surface area contributed by atoms with E-state index in [1.807, 2.05) is 7.11 Å². The molecular weight excluding hydrogens is 150 g/mol. The summed E-state index contributed by atoms with van der Waals surface area (Å²) >= 11 is 0. The van der Waals surface area contributed by atoms with E-state index in [9.17, 15) is 0 Å². The fourth-order valence-electron chi connectivity index (χ4n) is 1.91. The summed E-state index contributed by atoms with van der Waals surface area (Å²) in [5.41, 5.74) is 0.162. The van der Waals surface area contributed by atoms with Crippen molar-refractivity contribution in [2.75, 3.05) is 26.7 Å². The van der Waals surface area contributed by atoms with Crippen LogP contribution in [-0.4, -0.2) is 37.2 Å². The molecule has 1 rings (SSSR count). The second-order valence-corrected chi connectivity index (χ2v) is 4.13. The first-order chi connectivity index (χ1) is 5.64. The molecule has 1 aliphatic heterocycles. The van der Waals surface area contributed by atoms with E-state index in [2.05, 4.69) is 25.7 Å². The molecule has 0 atom stereocenters. The second kappa shape index (κ2) is 3.75. The number of nitrogens with zero attached hydrogens (tertiary/aromatic N) is 1. The molecule has 72 valence electrons. The van der Waals surface area contributed by atoms with E-state index in [1.165, 1.54) is 13.0 Å². The molecule has 2 heteroatoms. The van der Waals surface area contributed by atoms with Gasteiger partial charge in [-0.2, -0.15) is 0 Å². The normalized spacial score (nSPS) is 22.8. The van der Waals surface area contributed by atoms with Crippen molar-refractivity contribution in [1.82, 2.24) is 4.90 Å². The number of methoxy groups -OCH3 is 1. The monoisotopic (exact) mass is 171 g/mol. The zero-order valence-corrected chi connectivity index (χ0v) is 8.76. The minimum atomic E-state index is 0.162. The predicted molar refractivity (Wildman–Crippen MR) is 51.3 cm³/mol. The molecule has 0 saturated carbocycles. The molecule has 2 nitrogen and oxygen atoms in total. The van der Waals surface area contributed by atoms with Gasteiger partial charge in [-0.15, -0.1) is 0 Å². The van der Waals surface area contributed by atoms with Gasteiger partial charge in [-0.05, 0) is 18.9 Å². The molecule has 0 aromatic rings. The fourth-order valence-corrected chi connectivity index (χ4v) is 1.91. The molecule has 1 fully saturated rings. The van der Waals surface area contributed by atoms with Crippen molar-refractivity contribution in [2.24, 2.45) is 5.92 Å². The minimum Gasteiger partial charge on any atom is -0.375 e. The van der Waals surface area contributed by atoms with Crippen molar-refractivity contribution in [3.05, 3.63) is 0 Å². The molecule has 0 N–H and O–H groups in total. The molecular formula is C10H21NO. The van der Waals surface area contributed by atoms with E-state index in [4.69, 9.17) is 4.74 Å². The molecule has 12 heavy (non-hydrogen) atoms. The molecule has 0 aromatic carbocycles. The highest BCUT2D eigenvalue weighted by molar-refractivity contribution is 4.98. The Balaban J connectivity index is 2.36. The topological polar surface area (TPSA) is 12.5 Å². The van der Waals surface area contributed by atoms with E-state index in [1.54, 1.807) is 0 Å². The van der Waals surface area contributed by atoms with Gasteiger partial charge in [-0.25, -0.2) is 0 Å². The lowest BCUT2D eigenvalue weighted by Crippen LogP contribution is -2.65. The zero-order valence-electron chi connectivity index (χ0n) is 8.76. The largest absolute Gasteiger partial charge is 0.375 e. The van der Waals surface area contributed by atoms with Gasteiger partial charge in [0, 0.05) is 20.2 Å². The number of hydrogen-bond acceptors (Lipinski definition) is 2. The Morgan fingerprint density at radius 1 is 1.42 bits per heavy atom. The summed E-state index contributed by atoms with van der Waals surface area (Å²) in [4.78, 5) is 2.46. The number of likely N-dealkylation sites (tertiary alicyclic amines) is 1. The van der Waals surface area contributed by atoms with Crippen LogP contribution in [0.4, 0.5) is 0 Å². The van der Waals surface area contributed by atoms with Crippen LogP contribution < -0.4 is 0 Å². The minimum absolute atomic E-state index is 0.162. The third kappa shape index (κ3) is 1.64. The van der Waals surface area contributed by atoms with Crippen LogP contribution in [0.2, 0.25) is 0 Å². The molecule has 0 aliphatic carbocycles. The summed E-state index contributed by atoms with van der Waals surface area (Å²) in [5.74, 6) is 0.635. The average Bonchev–Trinajstić information content (AvgIpc) is 1.95. The molecule has 0 unspecified atom stereocenters. The van der Waals surface area contributed by atoms with Crippen LogP contribution in [0.15, 0.2) is 0 Å². The van der Waals surface area contributed by atoms with E-state index in [-0.39, 0.29) is 5.60 Å². The van der Waals surface area contributed by atoms with Crippen LogP contribution in [0.1, 0.15) is 27.2 Å². The van der Waals surface area contributed by atoms with Crippen LogP contribution in [0.3, 0.4) is 0 Å². The lowest BCUT2D eigenvalue weighted by molar-refractivity contribution is -0.151. The van der Waals surface area contributed by atoms with Gasteiger partial charge in [-0.3, -0.25) is 4.90 Å². The SMILES string of the molecule is CCCN1CC(OC)(C(C)C)C1. The molecule has 1 heterocycles. The van der Waals surface area contributed by atoms with Crippen molar-refractivity contribution in [3.63, 3.8) is 0 Å². The van der Waals surface area contributed by atoms with Crippen molar-refractivity contribution in [2.45, 2.75) is 32.8 Å². The Morgan fingerprint density at radius 2 is 2.00 bits per heavy atom. The van der Waals surface area contributed by atoms with Crippen molar-refractivity contribution >= 4 is 0 Å². The molecule has 1 aliphatic rings. The fraction of sp³-hybridized carbons (Fsp3) is 1.00. The standard InChI is InChI=1S/C10H21NO/c1-5-6-11-7-10(8-11,12-4)9(2)3/h9H,5-8H2,1-4H3. The Labute approximate surface area is 75.9 Å². The molecule has 0 bridgehead atoms. The summed E-state index contributed by atoms with van der Waals surface area (Å²) in [6.45, 7) is 10.2. The highest BCUT2D eigenvalue weighted by Gasteiger charge is 2.44. The first-order valence-electron chi connectivity index (χ1n) is 4.92. The summed E-state index contributed by atoms with van der Waals surface area (Å²) in [7, 11) is 1.84. The van der Waals surface area contributed by atoms with E-state index in [0.717, 1.165) is 13.1 Å². The van der Waals surface area contributed by atoms with Gasteiger partial charge >= 0.3 is 0 Å². The number of hydrogen-bond donors (Lipinski definition) is 0. The van der Waals surface area contributed by atoms with Crippen molar-refractivity contribution < 1.29 is 4.74 Å². The number of ether oxygens (including phenoxy) is 1. The summed E-state index contributed by atoms with van der Waals surface area (Å²) in [5, 5.41) is 0. The highest BCUT2D eigenvalue weighted by atomic mass is 16.5. The van der Waals surface area contributed by atoms with Crippen LogP contribution >= 0.6 is 0 Å². The van der Waals surface area contributed by atoms with Crippen molar-refractivity contribution in [1.29, 1.82) is 0 Å². The molecule has 0 spiro atoms. The lowest BCUT2D eigenvalue weighted by Gasteiger charge is -2.51. The van der Waals surface area contributed by atoms with Gasteiger partial charge in [0.05, 0.1) is 5.60 Å². The lowest BCUT2D eigenvalue weighted by atomic mass is 9.82. The van der Waals surface area contributed by atoms with Crippen LogP contribution in [0.5, 0.6) is 0 Å². The van der Waals surface area contributed by atoms with E-state index in [0.29, 0.717) is 5.92 Å². The van der Waals surface area contributed by atoms with Gasteiger partial charge in [0.15, 0.2) is 0 Å². The summed E-state index contributed by atoms with van der Waals surface area (Å²) in [6.07, 6.45) is 1.25. The van der Waals surface area contributed by atoms with Crippen LogP contribution in [0.25, 0.3) is 0 Å². The quantitative estimate of drug-likeness (QED) is 0.639. The predicted octanol–water partition coefficient (Wildman–Crippen LogP) is 1.75. The first-order valence-corrected chi connectivity index (χ1v) is 4.92. The Morgan fingerprint density at radius 3 is 2.33 bits per heavy atom. The average molecular weight is 171 g/mol. The maximum Gasteiger partial charge on any atom is 0.0953 e. The van der Waals surface area contributed by atoms with Gasteiger partial charge in [0.1, 0.15) is 0 Å². The summed E-state index contributed by atoms with van der Waals surface area (Å²) < 4.78 is 5.57. The molecule has 0 aromatic heterocycles. The van der Waals surface area contributed by atoms with Gasteiger partial charge in [0.2, 0.25) is 0 Å². The van der Waals surface area contributed by atoms with Crippen LogP contribution in [-0.2, 0) is 4.74 Å². The van der Waals surface area contributed by atoms with Crippen molar-refractivity contribution in [3.8, 4) is 0 Å². The van der Waals surface area contributed by atoms with Crippen LogP contribution in [0, 0.1) is 5.92 Å². The van der Waals surface area contributed by atoms with E-state index >= 15 is 0 Å². The summed E-state index contributed by atoms with van der Waals surface area (Å²) in [6, 6.07) is 0. The zero-order chi connectivity index (χ0) is 9.19. The van der Waals surface area contributed by atoms with E-state index < -0.39 is 0 Å². The Bertz CT molecular complexity index is 139. The number of rotatable bonds is 4. The van der Waals surface area contributed by atoms with Gasteiger partial charge < -0.3 is 4.74 Å². The third-order valence-electron chi connectivity index (χ3n) is 2.98. The second-order valence-electron chi connectivity index (χ2n) is 4.13. The third-order valence-corrected chi connectivity index (χ3v) is 2.98. The van der Waals surface area contributed by atoms with Gasteiger partial charge in [-0.1, -0.05) is 20.8 Å². The maximum atomic E-state index is 5.57. The maximum absolute atomic E-state index is 5.57. The molecule has 0 radical (unpaired) electrons. The molecule has 0 amide bonds. The Kier molecular flexibility index (Phi) is 3.13. The smallest absolute Gasteiger partial charge is 0.0953 e. The molecule has 1 saturated heterocycles. The highest BCUT2D eigenvalue weighted by Crippen LogP contribution is 2.31.